The lowest BCUT2D eigenvalue weighted by molar-refractivity contribution is 0.0970. The van der Waals surface area contributed by atoms with Crippen LogP contribution in [0, 0.1) is 0 Å². The Morgan fingerprint density at radius 1 is 0.780 bits per heavy atom. The van der Waals surface area contributed by atoms with Crippen molar-refractivity contribution in [3.05, 3.63) is 21.7 Å². The Kier molecular flexibility index (Phi) is 11.2. The molecular weight excluding hydrogens is 577 g/mol. The van der Waals surface area contributed by atoms with E-state index in [4.69, 9.17) is 57.6 Å². The molecular formula is C22H33Cl2N15O2. The molecule has 2 aromatic heterocycles. The van der Waals surface area contributed by atoms with E-state index in [0.717, 1.165) is 52.1 Å². The minimum Gasteiger partial charge on any atom is -0.387 e. The molecule has 19 heteroatoms. The van der Waals surface area contributed by atoms with Crippen molar-refractivity contribution < 1.29 is 9.59 Å². The first-order valence-electron chi connectivity index (χ1n) is 12.5. The van der Waals surface area contributed by atoms with Gasteiger partial charge in [0.1, 0.15) is 5.84 Å². The van der Waals surface area contributed by atoms with E-state index in [1.54, 1.807) is 0 Å². The summed E-state index contributed by atoms with van der Waals surface area (Å²) in [6, 6.07) is 0. The fraction of sp³-hybridized carbons (Fsp3) is 0.455. The number of hydrogen-bond acceptors (Lipinski definition) is 13. The molecule has 2 amide bonds. The molecule has 2 aromatic rings. The number of amidine groups is 1. The highest BCUT2D eigenvalue weighted by Gasteiger charge is 2.19. The van der Waals surface area contributed by atoms with Crippen LogP contribution in [0.15, 0.2) is 9.98 Å². The van der Waals surface area contributed by atoms with E-state index in [1.807, 2.05) is 0 Å². The van der Waals surface area contributed by atoms with E-state index in [9.17, 15) is 9.59 Å². The average molecular weight is 611 g/mol. The predicted molar refractivity (Wildman–Crippen MR) is 158 cm³/mol. The van der Waals surface area contributed by atoms with Gasteiger partial charge in [-0.3, -0.25) is 19.9 Å². The number of rotatable bonds is 10. The lowest BCUT2D eigenvalue weighted by Gasteiger charge is -2.34. The summed E-state index contributed by atoms with van der Waals surface area (Å²) in [5.41, 5.74) is 33.7. The van der Waals surface area contributed by atoms with Gasteiger partial charge in [-0.15, -0.1) is 0 Å². The second kappa shape index (κ2) is 14.5. The fourth-order valence-electron chi connectivity index (χ4n) is 3.88. The number of carbonyl (C=O) groups excluding carboxylic acids is 2. The number of halogens is 2. The molecule has 0 unspecified atom stereocenters. The maximum absolute atomic E-state index is 12.3. The standard InChI is InChI=1S/C22H33Cl2N15O2/c23-14-18(28)35-16(26)12(33-14)20(40)32-11(25)3-1-5-38-7-9-39(10-8-38)6-2-4-31-22(30)37-21(41)13-17(27)36-19(29)15(24)34-13/h1-10H2,(H2,25,32,40)(H4,26,28,35)(H4,27,29,36)(H3,30,31,37,41). The minimum atomic E-state index is -0.720. The lowest BCUT2D eigenvalue weighted by atomic mass is 10.2. The number of amides is 2. The number of carbonyl (C=O) groups is 2. The molecule has 0 radical (unpaired) electrons. The maximum atomic E-state index is 12.3. The van der Waals surface area contributed by atoms with Crippen molar-refractivity contribution in [1.82, 2.24) is 35.1 Å². The Balaban J connectivity index is 1.32. The van der Waals surface area contributed by atoms with Crippen LogP contribution >= 0.6 is 23.2 Å². The van der Waals surface area contributed by atoms with Gasteiger partial charge in [-0.1, -0.05) is 23.2 Å². The van der Waals surface area contributed by atoms with Crippen LogP contribution < -0.4 is 39.7 Å². The molecule has 222 valence electrons. The van der Waals surface area contributed by atoms with Crippen LogP contribution in [-0.4, -0.2) is 99.2 Å². The molecule has 3 rings (SSSR count). The zero-order chi connectivity index (χ0) is 30.1. The van der Waals surface area contributed by atoms with Gasteiger partial charge >= 0.3 is 5.91 Å². The summed E-state index contributed by atoms with van der Waals surface area (Å²) in [6.07, 6.45) is 1.91. The summed E-state index contributed by atoms with van der Waals surface area (Å²) in [4.78, 5) is 52.5. The number of nitrogens with zero attached hydrogens (tertiary/aromatic N) is 8. The maximum Gasteiger partial charge on any atom is 0.301 e. The molecule has 1 aliphatic rings. The number of piperazine rings is 1. The Bertz CT molecular complexity index is 1330. The highest BCUT2D eigenvalue weighted by Crippen LogP contribution is 2.18. The van der Waals surface area contributed by atoms with Crippen molar-refractivity contribution in [3.8, 4) is 0 Å². The normalized spacial score (nSPS) is 15.2. The quantitative estimate of drug-likeness (QED) is 0.0958. The van der Waals surface area contributed by atoms with E-state index in [1.165, 1.54) is 0 Å². The zero-order valence-corrected chi connectivity index (χ0v) is 23.7. The first-order chi connectivity index (χ1) is 19.4. The number of nitrogens with one attached hydrogen (secondary N) is 1. The lowest BCUT2D eigenvalue weighted by Crippen LogP contribution is -2.47. The molecule has 17 nitrogen and oxygen atoms in total. The van der Waals surface area contributed by atoms with Crippen LogP contribution in [0.2, 0.25) is 10.3 Å². The first kappa shape index (κ1) is 31.5. The largest absolute Gasteiger partial charge is 0.387 e. The van der Waals surface area contributed by atoms with E-state index >= 15 is 0 Å². The average Bonchev–Trinajstić information content (AvgIpc) is 2.91. The van der Waals surface area contributed by atoms with Crippen LogP contribution in [0.4, 0.5) is 23.3 Å². The predicted octanol–water partition coefficient (Wildman–Crippen LogP) is -1.07. The van der Waals surface area contributed by atoms with Crippen molar-refractivity contribution in [2.24, 2.45) is 21.5 Å². The monoisotopic (exact) mass is 609 g/mol. The molecule has 0 bridgehead atoms. The number of nitrogen functional groups attached to an aromatic ring is 4. The highest BCUT2D eigenvalue weighted by atomic mass is 35.5. The summed E-state index contributed by atoms with van der Waals surface area (Å²) in [6.45, 7) is 5.62. The molecule has 13 N–H and O–H groups in total. The van der Waals surface area contributed by atoms with Gasteiger partial charge in [-0.05, 0) is 19.4 Å². The molecule has 1 fully saturated rings. The third-order valence-electron chi connectivity index (χ3n) is 6.00. The third-order valence-corrected chi connectivity index (χ3v) is 6.56. The van der Waals surface area contributed by atoms with E-state index < -0.39 is 11.8 Å². The number of nitrogens with two attached hydrogens (primary N) is 6. The van der Waals surface area contributed by atoms with Crippen molar-refractivity contribution in [2.45, 2.75) is 19.3 Å². The second-order valence-electron chi connectivity index (χ2n) is 9.04. The fourth-order valence-corrected chi connectivity index (χ4v) is 4.13. The zero-order valence-electron chi connectivity index (χ0n) is 22.2. The summed E-state index contributed by atoms with van der Waals surface area (Å²) >= 11 is 11.6. The van der Waals surface area contributed by atoms with Gasteiger partial charge in [0.15, 0.2) is 50.9 Å². The molecule has 41 heavy (non-hydrogen) atoms. The van der Waals surface area contributed by atoms with Gasteiger partial charge in [-0.2, -0.15) is 4.99 Å². The van der Waals surface area contributed by atoms with Crippen LogP contribution in [0.25, 0.3) is 0 Å². The van der Waals surface area contributed by atoms with E-state index in [0.29, 0.717) is 13.0 Å². The summed E-state index contributed by atoms with van der Waals surface area (Å²) in [7, 11) is 0. The molecule has 0 aromatic carbocycles. The van der Waals surface area contributed by atoms with E-state index in [-0.39, 0.29) is 56.8 Å². The molecule has 0 atom stereocenters. The van der Waals surface area contributed by atoms with Crippen LogP contribution in [0.1, 0.15) is 40.2 Å². The van der Waals surface area contributed by atoms with Crippen LogP contribution in [0.5, 0.6) is 0 Å². The molecule has 1 saturated heterocycles. The minimum absolute atomic E-state index is 0.0628. The number of aromatic nitrogens is 4. The smallest absolute Gasteiger partial charge is 0.301 e. The first-order valence-corrected chi connectivity index (χ1v) is 13.3. The molecule has 3 heterocycles. The van der Waals surface area contributed by atoms with Gasteiger partial charge in [0.25, 0.3) is 5.91 Å². The SMILES string of the molecule is NC(CCCN1CCN(CCCN=C(N)NC(=O)c2nc(Cl)c(N)nc2N)CC1)=NC(=O)c1nc(Cl)c(N)nc1N. The molecule has 1 aliphatic heterocycles. The van der Waals surface area contributed by atoms with Crippen molar-refractivity contribution >= 4 is 70.1 Å². The van der Waals surface area contributed by atoms with Gasteiger partial charge in [0.2, 0.25) is 0 Å². The Labute approximate surface area is 245 Å². The Hall–Kier alpha value is -4.06. The summed E-state index contributed by atoms with van der Waals surface area (Å²) < 4.78 is 0. The summed E-state index contributed by atoms with van der Waals surface area (Å²) in [5, 5.41) is 2.15. The number of anilines is 4. The Morgan fingerprint density at radius 3 is 1.88 bits per heavy atom. The highest BCUT2D eigenvalue weighted by molar-refractivity contribution is 6.32. The van der Waals surface area contributed by atoms with Crippen LogP contribution in [-0.2, 0) is 0 Å². The topological polar surface area (TPSA) is 285 Å². The number of aliphatic imine (C=N–C) groups is 2. The summed E-state index contributed by atoms with van der Waals surface area (Å²) in [5.74, 6) is -1.75. The van der Waals surface area contributed by atoms with Gasteiger partial charge < -0.3 is 44.2 Å². The van der Waals surface area contributed by atoms with E-state index in [2.05, 4.69) is 45.0 Å². The number of hydrogen-bond donors (Lipinski definition) is 7. The van der Waals surface area contributed by atoms with Crippen molar-refractivity contribution in [3.63, 3.8) is 0 Å². The van der Waals surface area contributed by atoms with Crippen LogP contribution in [0.3, 0.4) is 0 Å². The van der Waals surface area contributed by atoms with Gasteiger partial charge in [0.05, 0.1) is 0 Å². The van der Waals surface area contributed by atoms with Gasteiger partial charge in [-0.25, -0.2) is 19.9 Å². The molecule has 0 aliphatic carbocycles. The number of guanidine groups is 1. The molecule has 0 saturated carbocycles. The van der Waals surface area contributed by atoms with Crippen molar-refractivity contribution in [2.75, 3.05) is 68.7 Å². The second-order valence-corrected chi connectivity index (χ2v) is 9.75. The van der Waals surface area contributed by atoms with Crippen molar-refractivity contribution in [1.29, 1.82) is 0 Å². The molecule has 0 spiro atoms. The van der Waals surface area contributed by atoms with Gasteiger partial charge in [0, 0.05) is 45.7 Å². The Morgan fingerprint density at radius 2 is 1.29 bits per heavy atom. The third kappa shape index (κ3) is 9.24.